The lowest BCUT2D eigenvalue weighted by Crippen LogP contribution is -2.55. The van der Waals surface area contributed by atoms with Crippen molar-refractivity contribution in [3.8, 4) is 0 Å². The third kappa shape index (κ3) is 7.08. The number of alkyl halides is 2. The van der Waals surface area contributed by atoms with E-state index in [2.05, 4.69) is 16.0 Å². The molecule has 3 aliphatic rings. The standard InChI is InChI=1S/C30H31ClF2N4O8/c1-14(34-26(41)17-7-8-20(19(31)9-17)35-15(2)38)28(43)37-13-30(32,33)12-22(37)27(42)36-21-11-24(39)45-29(21)44-23-10-16-5-3-4-6-18(16)25(23)40/h3-9,14,21-23,25,29,40H,10-13H2,1-2H3,(H,34,41)(H,35,38)(H,36,42). The highest BCUT2D eigenvalue weighted by molar-refractivity contribution is 6.34. The number of aliphatic hydroxyl groups excluding tert-OH is 1. The number of likely N-dealkylation sites (tertiary alicyclic amines) is 1. The van der Waals surface area contributed by atoms with Crippen LogP contribution in [0.4, 0.5) is 14.5 Å². The number of rotatable bonds is 8. The minimum absolute atomic E-state index is 0.0437. The molecule has 0 spiro atoms. The van der Waals surface area contributed by atoms with Gasteiger partial charge in [-0.25, -0.2) is 8.78 Å². The van der Waals surface area contributed by atoms with Crippen molar-refractivity contribution >= 4 is 46.9 Å². The van der Waals surface area contributed by atoms with E-state index in [9.17, 15) is 37.9 Å². The second-order valence-corrected chi connectivity index (χ2v) is 11.7. The number of amides is 4. The molecular formula is C30H31ClF2N4O8. The number of ether oxygens (including phenoxy) is 2. The van der Waals surface area contributed by atoms with Gasteiger partial charge in [-0.2, -0.15) is 0 Å². The summed E-state index contributed by atoms with van der Waals surface area (Å²) in [5.74, 6) is -7.08. The first kappa shape index (κ1) is 32.3. The van der Waals surface area contributed by atoms with Crippen molar-refractivity contribution in [2.45, 2.75) is 75.7 Å². The molecule has 4 amide bonds. The maximum absolute atomic E-state index is 14.6. The van der Waals surface area contributed by atoms with Crippen LogP contribution in [-0.2, 0) is 35.1 Å². The Labute approximate surface area is 261 Å². The summed E-state index contributed by atoms with van der Waals surface area (Å²) in [4.78, 5) is 63.5. The van der Waals surface area contributed by atoms with Gasteiger partial charge in [0.1, 0.15) is 24.2 Å². The van der Waals surface area contributed by atoms with Gasteiger partial charge in [0.25, 0.3) is 11.8 Å². The molecule has 4 N–H and O–H groups in total. The first-order valence-corrected chi connectivity index (χ1v) is 14.6. The highest BCUT2D eigenvalue weighted by Crippen LogP contribution is 2.36. The number of esters is 1. The fourth-order valence-corrected chi connectivity index (χ4v) is 5.94. The summed E-state index contributed by atoms with van der Waals surface area (Å²) >= 11 is 6.12. The molecule has 0 bridgehead atoms. The molecule has 0 aromatic heterocycles. The van der Waals surface area contributed by atoms with Crippen LogP contribution in [0, 0.1) is 0 Å². The van der Waals surface area contributed by atoms with Crippen molar-refractivity contribution < 1.29 is 47.3 Å². The van der Waals surface area contributed by atoms with Gasteiger partial charge in [-0.3, -0.25) is 24.0 Å². The Morgan fingerprint density at radius 3 is 2.58 bits per heavy atom. The van der Waals surface area contributed by atoms with Gasteiger partial charge >= 0.3 is 5.97 Å². The minimum atomic E-state index is -3.40. The van der Waals surface area contributed by atoms with Crippen LogP contribution in [0.5, 0.6) is 0 Å². The number of cyclic esters (lactones) is 1. The number of anilines is 1. The molecule has 0 radical (unpaired) electrons. The summed E-state index contributed by atoms with van der Waals surface area (Å²) in [6.45, 7) is 1.51. The van der Waals surface area contributed by atoms with Crippen LogP contribution in [0.25, 0.3) is 0 Å². The topological polar surface area (TPSA) is 163 Å². The molecule has 12 nitrogen and oxygen atoms in total. The molecule has 0 saturated carbocycles. The van der Waals surface area contributed by atoms with E-state index in [1.165, 1.54) is 32.0 Å². The van der Waals surface area contributed by atoms with E-state index in [1.807, 2.05) is 12.1 Å². The number of fused-ring (bicyclic) bond motifs is 1. The molecule has 2 saturated heterocycles. The van der Waals surface area contributed by atoms with E-state index in [4.69, 9.17) is 21.1 Å². The van der Waals surface area contributed by atoms with Crippen molar-refractivity contribution in [2.75, 3.05) is 11.9 Å². The van der Waals surface area contributed by atoms with Gasteiger partial charge in [-0.1, -0.05) is 35.9 Å². The number of benzene rings is 2. The van der Waals surface area contributed by atoms with Crippen molar-refractivity contribution in [3.63, 3.8) is 0 Å². The first-order valence-electron chi connectivity index (χ1n) is 14.2. The SMILES string of the molecule is CC(=O)Nc1ccc(C(=O)NC(C)C(=O)N2CC(F)(F)CC2C(=O)NC2CC(=O)OC2OC2Cc3ccccc3C2O)cc1Cl. The Bertz CT molecular complexity index is 1540. The average molecular weight is 649 g/mol. The number of nitrogens with one attached hydrogen (secondary N) is 3. The Kier molecular flexibility index (Phi) is 9.10. The van der Waals surface area contributed by atoms with Crippen LogP contribution >= 0.6 is 11.6 Å². The lowest BCUT2D eigenvalue weighted by atomic mass is 10.1. The Hall–Kier alpha value is -4.14. The van der Waals surface area contributed by atoms with Crippen molar-refractivity contribution in [3.05, 3.63) is 64.2 Å². The molecule has 2 aromatic rings. The number of aliphatic hydroxyl groups is 1. The molecule has 1 aliphatic carbocycles. The van der Waals surface area contributed by atoms with Crippen LogP contribution in [0.2, 0.25) is 5.02 Å². The highest BCUT2D eigenvalue weighted by atomic mass is 35.5. The van der Waals surface area contributed by atoms with E-state index >= 15 is 0 Å². The molecule has 6 unspecified atom stereocenters. The number of nitrogens with zero attached hydrogens (tertiary/aromatic N) is 1. The maximum Gasteiger partial charge on any atom is 0.310 e. The van der Waals surface area contributed by atoms with E-state index in [-0.39, 0.29) is 28.6 Å². The van der Waals surface area contributed by atoms with Gasteiger partial charge in [0.05, 0.1) is 29.8 Å². The summed E-state index contributed by atoms with van der Waals surface area (Å²) in [6, 6.07) is 7.19. The molecule has 2 aromatic carbocycles. The second kappa shape index (κ2) is 12.7. The number of hydrogen-bond acceptors (Lipinski definition) is 8. The second-order valence-electron chi connectivity index (χ2n) is 11.3. The van der Waals surface area contributed by atoms with Gasteiger partial charge in [0.2, 0.25) is 24.0 Å². The van der Waals surface area contributed by atoms with E-state index in [0.29, 0.717) is 16.9 Å². The number of carbonyl (C=O) groups is 5. The number of carbonyl (C=O) groups excluding carboxylic acids is 5. The van der Waals surface area contributed by atoms with Gasteiger partial charge in [-0.15, -0.1) is 0 Å². The molecule has 240 valence electrons. The smallest absolute Gasteiger partial charge is 0.310 e. The normalized spacial score (nSPS) is 25.7. The van der Waals surface area contributed by atoms with E-state index in [1.54, 1.807) is 12.1 Å². The summed E-state index contributed by atoms with van der Waals surface area (Å²) < 4.78 is 40.3. The van der Waals surface area contributed by atoms with Crippen LogP contribution in [0.15, 0.2) is 42.5 Å². The molecule has 2 heterocycles. The van der Waals surface area contributed by atoms with Gasteiger partial charge in [0.15, 0.2) is 0 Å². The monoisotopic (exact) mass is 648 g/mol. The summed E-state index contributed by atoms with van der Waals surface area (Å²) in [5, 5.41) is 18.2. The Morgan fingerprint density at radius 1 is 1.16 bits per heavy atom. The van der Waals surface area contributed by atoms with Crippen LogP contribution in [-0.4, -0.2) is 82.6 Å². The Balaban J connectivity index is 1.23. The Morgan fingerprint density at radius 2 is 1.89 bits per heavy atom. The number of halogens is 3. The highest BCUT2D eigenvalue weighted by Gasteiger charge is 2.52. The minimum Gasteiger partial charge on any atom is -0.433 e. The maximum atomic E-state index is 14.6. The average Bonchev–Trinajstić information content (AvgIpc) is 3.60. The predicted molar refractivity (Wildman–Crippen MR) is 154 cm³/mol. The van der Waals surface area contributed by atoms with Gasteiger partial charge in [-0.05, 0) is 36.2 Å². The fraction of sp³-hybridized carbons (Fsp3) is 0.433. The number of hydrogen-bond donors (Lipinski definition) is 4. The van der Waals surface area contributed by atoms with Crippen molar-refractivity contribution in [2.24, 2.45) is 0 Å². The molecule has 2 fully saturated rings. The zero-order valence-corrected chi connectivity index (χ0v) is 25.0. The molecule has 45 heavy (non-hydrogen) atoms. The van der Waals surface area contributed by atoms with Gasteiger partial charge in [0, 0.05) is 25.3 Å². The van der Waals surface area contributed by atoms with Crippen LogP contribution < -0.4 is 16.0 Å². The summed E-state index contributed by atoms with van der Waals surface area (Å²) in [5.41, 5.74) is 1.83. The van der Waals surface area contributed by atoms with Gasteiger partial charge < -0.3 is 35.4 Å². The van der Waals surface area contributed by atoms with E-state index < -0.39 is 79.2 Å². The largest absolute Gasteiger partial charge is 0.433 e. The third-order valence-electron chi connectivity index (χ3n) is 7.86. The lowest BCUT2D eigenvalue weighted by molar-refractivity contribution is -0.187. The fourth-order valence-electron chi connectivity index (χ4n) is 5.71. The van der Waals surface area contributed by atoms with Crippen molar-refractivity contribution in [1.82, 2.24) is 15.5 Å². The summed E-state index contributed by atoms with van der Waals surface area (Å²) in [7, 11) is 0. The quantitative estimate of drug-likeness (QED) is 0.316. The van der Waals surface area contributed by atoms with E-state index in [0.717, 1.165) is 5.56 Å². The molecule has 2 aliphatic heterocycles. The van der Waals surface area contributed by atoms with Crippen LogP contribution in [0.1, 0.15) is 54.3 Å². The zero-order chi connectivity index (χ0) is 32.6. The van der Waals surface area contributed by atoms with Crippen LogP contribution in [0.3, 0.4) is 0 Å². The molecule has 5 rings (SSSR count). The van der Waals surface area contributed by atoms with Crippen molar-refractivity contribution in [1.29, 1.82) is 0 Å². The predicted octanol–water partition coefficient (Wildman–Crippen LogP) is 2.09. The lowest BCUT2D eigenvalue weighted by Gasteiger charge is -2.29. The molecular weight excluding hydrogens is 618 g/mol. The summed E-state index contributed by atoms with van der Waals surface area (Å²) in [6.07, 6.45) is -4.01. The zero-order valence-electron chi connectivity index (χ0n) is 24.2. The first-order chi connectivity index (χ1) is 21.2. The molecule has 15 heteroatoms. The molecule has 6 atom stereocenters. The third-order valence-corrected chi connectivity index (χ3v) is 8.17.